The molecule has 3 atom stereocenters. The second kappa shape index (κ2) is 5.68. The lowest BCUT2D eigenvalue weighted by atomic mass is 10.1. The quantitative estimate of drug-likeness (QED) is 0.753. The van der Waals surface area contributed by atoms with E-state index in [1.165, 1.54) is 39.0 Å². The lowest BCUT2D eigenvalue weighted by molar-refractivity contribution is 0.239. The molecular weight excluding hydrogens is 210 g/mol. The van der Waals surface area contributed by atoms with E-state index in [1.807, 2.05) is 0 Å². The Morgan fingerprint density at radius 3 is 2.53 bits per heavy atom. The van der Waals surface area contributed by atoms with Crippen LogP contribution in [0.4, 0.5) is 0 Å². The van der Waals surface area contributed by atoms with Crippen LogP contribution in [0.3, 0.4) is 0 Å². The van der Waals surface area contributed by atoms with E-state index in [-0.39, 0.29) is 0 Å². The minimum atomic E-state index is 0.749. The highest BCUT2D eigenvalue weighted by Gasteiger charge is 2.31. The van der Waals surface area contributed by atoms with Gasteiger partial charge in [0.25, 0.3) is 0 Å². The molecule has 1 saturated heterocycles. The fraction of sp³-hybridized carbons (Fsp3) is 1.00. The van der Waals surface area contributed by atoms with E-state index < -0.39 is 0 Å². The molecule has 0 spiro atoms. The zero-order chi connectivity index (χ0) is 12.4. The summed E-state index contributed by atoms with van der Waals surface area (Å²) in [5.41, 5.74) is 0. The third-order valence-corrected chi connectivity index (χ3v) is 4.21. The molecule has 1 N–H and O–H groups in total. The fourth-order valence-corrected chi connectivity index (χ4v) is 3.03. The van der Waals surface area contributed by atoms with Crippen LogP contribution >= 0.6 is 0 Å². The standard InChI is InChI=1S/C14H29N3/c1-11(7-15-13-5-6-13)8-17-9-12(2)14(10-17)16(3)4/h11-15H,5-10H2,1-4H3. The predicted molar refractivity (Wildman–Crippen MR) is 73.3 cm³/mol. The molecule has 0 aromatic rings. The first-order valence-corrected chi connectivity index (χ1v) is 7.18. The lowest BCUT2D eigenvalue weighted by Gasteiger charge is -2.23. The van der Waals surface area contributed by atoms with Crippen molar-refractivity contribution in [3.63, 3.8) is 0 Å². The van der Waals surface area contributed by atoms with Crippen LogP contribution in [0, 0.1) is 11.8 Å². The van der Waals surface area contributed by atoms with Gasteiger partial charge in [0.05, 0.1) is 0 Å². The first-order valence-electron chi connectivity index (χ1n) is 7.18. The number of rotatable bonds is 6. The van der Waals surface area contributed by atoms with Gasteiger partial charge in [0.15, 0.2) is 0 Å². The van der Waals surface area contributed by atoms with Gasteiger partial charge >= 0.3 is 0 Å². The normalized spacial score (nSPS) is 32.3. The maximum atomic E-state index is 3.64. The van der Waals surface area contributed by atoms with E-state index in [4.69, 9.17) is 0 Å². The van der Waals surface area contributed by atoms with Crippen LogP contribution in [-0.2, 0) is 0 Å². The number of nitrogens with zero attached hydrogens (tertiary/aromatic N) is 2. The number of likely N-dealkylation sites (tertiary alicyclic amines) is 1. The Morgan fingerprint density at radius 2 is 2.00 bits per heavy atom. The summed E-state index contributed by atoms with van der Waals surface area (Å²) in [7, 11) is 4.42. The van der Waals surface area contributed by atoms with Crippen molar-refractivity contribution in [3.05, 3.63) is 0 Å². The molecule has 0 radical (unpaired) electrons. The molecule has 17 heavy (non-hydrogen) atoms. The summed E-state index contributed by atoms with van der Waals surface area (Å²) in [6, 6.07) is 1.60. The lowest BCUT2D eigenvalue weighted by Crippen LogP contribution is -2.36. The monoisotopic (exact) mass is 239 g/mol. The third kappa shape index (κ3) is 3.94. The van der Waals surface area contributed by atoms with Crippen molar-refractivity contribution in [1.82, 2.24) is 15.1 Å². The minimum absolute atomic E-state index is 0.749. The highest BCUT2D eigenvalue weighted by molar-refractivity contribution is 4.88. The molecule has 1 saturated carbocycles. The summed E-state index contributed by atoms with van der Waals surface area (Å²) in [5.74, 6) is 1.59. The van der Waals surface area contributed by atoms with Gasteiger partial charge < -0.3 is 15.1 Å². The topological polar surface area (TPSA) is 18.5 Å². The van der Waals surface area contributed by atoms with Gasteiger partial charge in [0.1, 0.15) is 0 Å². The van der Waals surface area contributed by atoms with Crippen molar-refractivity contribution in [2.45, 2.75) is 38.8 Å². The van der Waals surface area contributed by atoms with Gasteiger partial charge in [-0.05, 0) is 45.3 Å². The zero-order valence-corrected chi connectivity index (χ0v) is 11.9. The summed E-state index contributed by atoms with van der Waals surface area (Å²) in [6.45, 7) is 9.75. The van der Waals surface area contributed by atoms with Crippen molar-refractivity contribution in [3.8, 4) is 0 Å². The smallest absolute Gasteiger partial charge is 0.0254 e. The first kappa shape index (κ1) is 13.3. The molecule has 2 rings (SSSR count). The second-order valence-electron chi connectivity index (χ2n) is 6.51. The first-order chi connectivity index (χ1) is 8.06. The number of hydrogen-bond acceptors (Lipinski definition) is 3. The largest absolute Gasteiger partial charge is 0.314 e. The number of likely N-dealkylation sites (N-methyl/N-ethyl adjacent to an activating group) is 1. The van der Waals surface area contributed by atoms with Gasteiger partial charge in [-0.2, -0.15) is 0 Å². The van der Waals surface area contributed by atoms with Gasteiger partial charge in [0, 0.05) is 31.7 Å². The van der Waals surface area contributed by atoms with E-state index in [0.29, 0.717) is 0 Å². The van der Waals surface area contributed by atoms with Gasteiger partial charge in [0.2, 0.25) is 0 Å². The highest BCUT2D eigenvalue weighted by atomic mass is 15.2. The zero-order valence-electron chi connectivity index (χ0n) is 11.9. The molecule has 0 amide bonds. The molecule has 100 valence electrons. The molecule has 1 aliphatic carbocycles. The van der Waals surface area contributed by atoms with Crippen molar-refractivity contribution in [2.75, 3.05) is 40.3 Å². The van der Waals surface area contributed by atoms with Crippen LogP contribution in [-0.4, -0.2) is 62.2 Å². The van der Waals surface area contributed by atoms with Gasteiger partial charge in [-0.15, -0.1) is 0 Å². The number of hydrogen-bond donors (Lipinski definition) is 1. The SMILES string of the molecule is CC(CNC1CC1)CN1CC(C)C(N(C)C)C1. The Balaban J connectivity index is 1.68. The van der Waals surface area contributed by atoms with Crippen LogP contribution in [0.15, 0.2) is 0 Å². The van der Waals surface area contributed by atoms with Crippen LogP contribution in [0.1, 0.15) is 26.7 Å². The summed E-state index contributed by atoms with van der Waals surface area (Å²) in [5, 5.41) is 3.64. The van der Waals surface area contributed by atoms with E-state index in [2.05, 4.69) is 43.1 Å². The Hall–Kier alpha value is -0.120. The second-order valence-corrected chi connectivity index (χ2v) is 6.51. The molecule has 0 bridgehead atoms. The van der Waals surface area contributed by atoms with E-state index >= 15 is 0 Å². The van der Waals surface area contributed by atoms with Crippen molar-refractivity contribution >= 4 is 0 Å². The maximum Gasteiger partial charge on any atom is 0.0254 e. The summed E-state index contributed by atoms with van der Waals surface area (Å²) >= 11 is 0. The van der Waals surface area contributed by atoms with Crippen LogP contribution in [0.2, 0.25) is 0 Å². The van der Waals surface area contributed by atoms with Crippen LogP contribution in [0.25, 0.3) is 0 Å². The van der Waals surface area contributed by atoms with Crippen LogP contribution in [0.5, 0.6) is 0 Å². The molecule has 3 unspecified atom stereocenters. The van der Waals surface area contributed by atoms with Crippen molar-refractivity contribution < 1.29 is 0 Å². The molecular formula is C14H29N3. The molecule has 1 aliphatic heterocycles. The van der Waals surface area contributed by atoms with Crippen molar-refractivity contribution in [1.29, 1.82) is 0 Å². The van der Waals surface area contributed by atoms with Gasteiger partial charge in [-0.3, -0.25) is 0 Å². The Morgan fingerprint density at radius 1 is 1.29 bits per heavy atom. The number of nitrogens with one attached hydrogen (secondary N) is 1. The summed E-state index contributed by atoms with van der Waals surface area (Å²) < 4.78 is 0. The average molecular weight is 239 g/mol. The molecule has 3 heteroatoms. The summed E-state index contributed by atoms with van der Waals surface area (Å²) in [6.07, 6.45) is 2.80. The summed E-state index contributed by atoms with van der Waals surface area (Å²) in [4.78, 5) is 5.03. The molecule has 1 heterocycles. The molecule has 2 aliphatic rings. The Bertz CT molecular complexity index is 238. The highest BCUT2D eigenvalue weighted by Crippen LogP contribution is 2.22. The molecule has 2 fully saturated rings. The van der Waals surface area contributed by atoms with Gasteiger partial charge in [-0.25, -0.2) is 0 Å². The van der Waals surface area contributed by atoms with Gasteiger partial charge in [-0.1, -0.05) is 13.8 Å². The molecule has 0 aromatic heterocycles. The van der Waals surface area contributed by atoms with E-state index in [1.54, 1.807) is 0 Å². The third-order valence-electron chi connectivity index (χ3n) is 4.21. The maximum absolute atomic E-state index is 3.64. The van der Waals surface area contributed by atoms with E-state index in [9.17, 15) is 0 Å². The van der Waals surface area contributed by atoms with Crippen molar-refractivity contribution in [2.24, 2.45) is 11.8 Å². The fourth-order valence-electron chi connectivity index (χ4n) is 3.03. The average Bonchev–Trinajstić information content (AvgIpc) is 3.00. The minimum Gasteiger partial charge on any atom is -0.314 e. The Labute approximate surface area is 107 Å². The Kier molecular flexibility index (Phi) is 4.45. The predicted octanol–water partition coefficient (Wildman–Crippen LogP) is 1.26. The molecule has 3 nitrogen and oxygen atoms in total. The van der Waals surface area contributed by atoms with E-state index in [0.717, 1.165) is 23.9 Å². The van der Waals surface area contributed by atoms with Crippen LogP contribution < -0.4 is 5.32 Å². The molecule has 0 aromatic carbocycles.